The Labute approximate surface area is 200 Å². The fourth-order valence-electron chi connectivity index (χ4n) is 3.80. The number of rotatable bonds is 10. The van der Waals surface area contributed by atoms with Gasteiger partial charge in [0.05, 0.1) is 0 Å². The molecule has 1 atom stereocenters. The highest BCUT2D eigenvalue weighted by atomic mass is 16.5. The molecule has 0 aromatic heterocycles. The lowest BCUT2D eigenvalue weighted by Crippen LogP contribution is -2.27. The molecular formula is C30H27NO3. The Hall–Kier alpha value is -4.18. The van der Waals surface area contributed by atoms with E-state index >= 15 is 0 Å². The van der Waals surface area contributed by atoms with Gasteiger partial charge in [-0.2, -0.15) is 0 Å². The van der Waals surface area contributed by atoms with Crippen LogP contribution in [-0.4, -0.2) is 11.7 Å². The SMILES string of the molecule is O=C(Cc1ccc(Oc2ccccc2)cc1)CC(Cc1ccccc1)C(=O)Nc1ccccc1. The molecule has 4 aromatic carbocycles. The molecule has 4 nitrogen and oxygen atoms in total. The third kappa shape index (κ3) is 6.91. The average molecular weight is 450 g/mol. The molecule has 0 fully saturated rings. The predicted molar refractivity (Wildman–Crippen MR) is 135 cm³/mol. The number of ketones is 1. The number of Topliss-reactive ketones (excluding diaryl/α,β-unsaturated/α-hetero) is 1. The minimum atomic E-state index is -0.448. The van der Waals surface area contributed by atoms with Gasteiger partial charge < -0.3 is 10.1 Å². The molecule has 0 saturated carbocycles. The molecule has 1 unspecified atom stereocenters. The summed E-state index contributed by atoms with van der Waals surface area (Å²) in [7, 11) is 0. The molecule has 34 heavy (non-hydrogen) atoms. The molecule has 0 aliphatic heterocycles. The van der Waals surface area contributed by atoms with E-state index in [1.54, 1.807) is 0 Å². The number of amides is 1. The van der Waals surface area contributed by atoms with Crippen LogP contribution in [0.4, 0.5) is 5.69 Å². The molecule has 0 aliphatic carbocycles. The first-order valence-corrected chi connectivity index (χ1v) is 11.4. The largest absolute Gasteiger partial charge is 0.457 e. The van der Waals surface area contributed by atoms with Crippen LogP contribution in [0.1, 0.15) is 17.5 Å². The van der Waals surface area contributed by atoms with Crippen LogP contribution in [0.15, 0.2) is 115 Å². The van der Waals surface area contributed by atoms with Crippen molar-refractivity contribution in [1.82, 2.24) is 0 Å². The van der Waals surface area contributed by atoms with Gasteiger partial charge in [-0.1, -0.05) is 78.9 Å². The van der Waals surface area contributed by atoms with Crippen molar-refractivity contribution in [2.45, 2.75) is 19.3 Å². The first-order valence-electron chi connectivity index (χ1n) is 11.4. The summed E-state index contributed by atoms with van der Waals surface area (Å²) < 4.78 is 5.82. The first kappa shape index (κ1) is 23.0. The molecule has 0 radical (unpaired) electrons. The van der Waals surface area contributed by atoms with Crippen molar-refractivity contribution >= 4 is 17.4 Å². The summed E-state index contributed by atoms with van der Waals surface area (Å²) in [6.45, 7) is 0. The Balaban J connectivity index is 1.39. The van der Waals surface area contributed by atoms with Crippen molar-refractivity contribution in [3.8, 4) is 11.5 Å². The lowest BCUT2D eigenvalue weighted by Gasteiger charge is -2.17. The topological polar surface area (TPSA) is 55.4 Å². The lowest BCUT2D eigenvalue weighted by molar-refractivity contribution is -0.125. The first-order chi connectivity index (χ1) is 16.7. The van der Waals surface area contributed by atoms with Gasteiger partial charge in [-0.05, 0) is 53.9 Å². The predicted octanol–water partition coefficient (Wildman–Crippen LogP) is 6.48. The van der Waals surface area contributed by atoms with Crippen molar-refractivity contribution in [1.29, 1.82) is 0 Å². The van der Waals surface area contributed by atoms with Crippen molar-refractivity contribution in [2.24, 2.45) is 5.92 Å². The Morgan fingerprint density at radius 2 is 1.21 bits per heavy atom. The molecule has 4 aromatic rings. The van der Waals surface area contributed by atoms with Crippen LogP contribution in [0, 0.1) is 5.92 Å². The van der Waals surface area contributed by atoms with Gasteiger partial charge >= 0.3 is 0 Å². The van der Waals surface area contributed by atoms with Crippen molar-refractivity contribution in [3.05, 3.63) is 126 Å². The van der Waals surface area contributed by atoms with Gasteiger partial charge in [0.25, 0.3) is 0 Å². The third-order valence-electron chi connectivity index (χ3n) is 5.51. The van der Waals surface area contributed by atoms with E-state index in [4.69, 9.17) is 4.74 Å². The molecule has 4 heteroatoms. The van der Waals surface area contributed by atoms with E-state index in [-0.39, 0.29) is 24.5 Å². The van der Waals surface area contributed by atoms with Gasteiger partial charge in [0.15, 0.2) is 0 Å². The number of hydrogen-bond donors (Lipinski definition) is 1. The number of carbonyl (C=O) groups is 2. The summed E-state index contributed by atoms with van der Waals surface area (Å²) in [5.74, 6) is 0.915. The van der Waals surface area contributed by atoms with E-state index in [9.17, 15) is 9.59 Å². The van der Waals surface area contributed by atoms with Crippen molar-refractivity contribution in [3.63, 3.8) is 0 Å². The summed E-state index contributed by atoms with van der Waals surface area (Å²) >= 11 is 0. The molecule has 0 aliphatic rings. The van der Waals surface area contributed by atoms with Crippen molar-refractivity contribution < 1.29 is 14.3 Å². The second-order valence-electron chi connectivity index (χ2n) is 8.22. The van der Waals surface area contributed by atoms with E-state index in [1.165, 1.54) is 0 Å². The van der Waals surface area contributed by atoms with Gasteiger partial charge in [0.2, 0.25) is 5.91 Å². The zero-order valence-electron chi connectivity index (χ0n) is 18.9. The summed E-state index contributed by atoms with van der Waals surface area (Å²) in [5, 5.41) is 2.95. The van der Waals surface area contributed by atoms with Crippen LogP contribution >= 0.6 is 0 Å². The van der Waals surface area contributed by atoms with Gasteiger partial charge in [-0.3, -0.25) is 9.59 Å². The fraction of sp³-hybridized carbons (Fsp3) is 0.133. The molecule has 0 saturated heterocycles. The smallest absolute Gasteiger partial charge is 0.228 e. The van der Waals surface area contributed by atoms with Gasteiger partial charge in [-0.25, -0.2) is 0 Å². The lowest BCUT2D eigenvalue weighted by atomic mass is 9.91. The molecule has 0 bridgehead atoms. The highest BCUT2D eigenvalue weighted by Gasteiger charge is 2.23. The molecule has 0 heterocycles. The maximum absolute atomic E-state index is 13.0. The maximum atomic E-state index is 13.0. The van der Waals surface area contributed by atoms with Gasteiger partial charge in [-0.15, -0.1) is 0 Å². The van der Waals surface area contributed by atoms with E-state index in [1.807, 2.05) is 115 Å². The average Bonchev–Trinajstić information content (AvgIpc) is 2.87. The van der Waals surface area contributed by atoms with Gasteiger partial charge in [0, 0.05) is 24.4 Å². The summed E-state index contributed by atoms with van der Waals surface area (Å²) in [6.07, 6.45) is 0.959. The summed E-state index contributed by atoms with van der Waals surface area (Å²) in [4.78, 5) is 26.0. The number of hydrogen-bond acceptors (Lipinski definition) is 3. The van der Waals surface area contributed by atoms with E-state index in [2.05, 4.69) is 5.32 Å². The number of carbonyl (C=O) groups excluding carboxylic acids is 2. The zero-order valence-corrected chi connectivity index (χ0v) is 18.9. The van der Waals surface area contributed by atoms with Crippen LogP contribution in [0.3, 0.4) is 0 Å². The van der Waals surface area contributed by atoms with E-state index < -0.39 is 5.92 Å². The molecule has 4 rings (SSSR count). The van der Waals surface area contributed by atoms with E-state index in [0.717, 1.165) is 22.6 Å². The Morgan fingerprint density at radius 1 is 0.647 bits per heavy atom. The maximum Gasteiger partial charge on any atom is 0.228 e. The highest BCUT2D eigenvalue weighted by molar-refractivity contribution is 5.96. The van der Waals surface area contributed by atoms with Crippen LogP contribution in [0.2, 0.25) is 0 Å². The monoisotopic (exact) mass is 449 g/mol. The molecule has 1 N–H and O–H groups in total. The zero-order chi connectivity index (χ0) is 23.6. The van der Waals surface area contributed by atoms with Crippen LogP contribution < -0.4 is 10.1 Å². The Kier molecular flexibility index (Phi) is 7.86. The van der Waals surface area contributed by atoms with E-state index in [0.29, 0.717) is 12.2 Å². The van der Waals surface area contributed by atoms with Gasteiger partial charge in [0.1, 0.15) is 17.3 Å². The number of benzene rings is 4. The summed E-state index contributed by atoms with van der Waals surface area (Å²) in [5.41, 5.74) is 2.66. The minimum absolute atomic E-state index is 0.0286. The Morgan fingerprint density at radius 3 is 1.85 bits per heavy atom. The number of para-hydroxylation sites is 2. The summed E-state index contributed by atoms with van der Waals surface area (Å²) in [6, 6.07) is 36.2. The molecule has 1 amide bonds. The fourth-order valence-corrected chi connectivity index (χ4v) is 3.80. The number of ether oxygens (including phenoxy) is 1. The highest BCUT2D eigenvalue weighted by Crippen LogP contribution is 2.22. The molecular weight excluding hydrogens is 422 g/mol. The van der Waals surface area contributed by atoms with Crippen LogP contribution in [0.25, 0.3) is 0 Å². The quantitative estimate of drug-likeness (QED) is 0.302. The standard InChI is InChI=1S/C30H27NO3/c32-27(21-24-16-18-29(19-17-24)34-28-14-8-3-9-15-28)22-25(20-23-10-4-1-5-11-23)30(33)31-26-12-6-2-7-13-26/h1-19,25H,20-22H2,(H,31,33). The molecule has 0 spiro atoms. The normalized spacial score (nSPS) is 11.4. The Bertz CT molecular complexity index is 1190. The van der Waals surface area contributed by atoms with Crippen molar-refractivity contribution in [2.75, 3.05) is 5.32 Å². The minimum Gasteiger partial charge on any atom is -0.457 e. The number of anilines is 1. The third-order valence-corrected chi connectivity index (χ3v) is 5.51. The van der Waals surface area contributed by atoms with Crippen LogP contribution in [-0.2, 0) is 22.4 Å². The van der Waals surface area contributed by atoms with Crippen LogP contribution in [0.5, 0.6) is 11.5 Å². The molecule has 170 valence electrons. The number of nitrogens with one attached hydrogen (secondary N) is 1. The second kappa shape index (κ2) is 11.6. The second-order valence-corrected chi connectivity index (χ2v) is 8.22.